The quantitative estimate of drug-likeness (QED) is 0.239. The number of aromatic nitrogens is 1. The van der Waals surface area contributed by atoms with Crippen LogP contribution in [0.3, 0.4) is 0 Å². The van der Waals surface area contributed by atoms with E-state index in [4.69, 9.17) is 15.2 Å². The van der Waals surface area contributed by atoms with Crippen LogP contribution in [0.2, 0.25) is 0 Å². The van der Waals surface area contributed by atoms with Gasteiger partial charge < -0.3 is 10.2 Å². The van der Waals surface area contributed by atoms with E-state index in [-0.39, 0.29) is 31.6 Å². The first kappa shape index (κ1) is 21.7. The molecule has 1 heterocycles. The monoisotopic (exact) mass is 525 g/mol. The molecule has 0 saturated carbocycles. The average molecular weight is 525 g/mol. The van der Waals surface area contributed by atoms with Crippen LogP contribution in [0.4, 0.5) is 0 Å². The molecule has 137 valence electrons. The number of allylic oxidation sites excluding steroid dienone is 1. The third-order valence-electron chi connectivity index (χ3n) is 3.38. The van der Waals surface area contributed by atoms with Gasteiger partial charge in [0.2, 0.25) is 0 Å². The van der Waals surface area contributed by atoms with Crippen molar-refractivity contribution in [3.05, 3.63) is 83.0 Å². The second kappa shape index (κ2) is 9.94. The van der Waals surface area contributed by atoms with Gasteiger partial charge in [-0.3, -0.25) is 4.98 Å². The Bertz CT molecular complexity index is 917. The second-order valence-electron chi connectivity index (χ2n) is 5.94. The molecule has 4 heteroatoms. The fraction of sp³-hybridized carbons (Fsp3) is 0.182. The molecular formula is C22H22IrNO2-. The number of rotatable bonds is 1. The van der Waals surface area contributed by atoms with Gasteiger partial charge in [0, 0.05) is 34.0 Å². The molecule has 26 heavy (non-hydrogen) atoms. The Morgan fingerprint density at radius 1 is 0.962 bits per heavy atom. The van der Waals surface area contributed by atoms with Gasteiger partial charge in [-0.15, -0.1) is 34.9 Å². The number of fused-ring (bicyclic) bond motifs is 1. The molecule has 3 aromatic rings. The van der Waals surface area contributed by atoms with Gasteiger partial charge >= 0.3 is 0 Å². The first-order chi connectivity index (χ1) is 11.8. The van der Waals surface area contributed by atoms with Crippen molar-refractivity contribution in [3.8, 4) is 11.3 Å². The van der Waals surface area contributed by atoms with E-state index in [1.165, 1.54) is 24.8 Å². The molecule has 3 rings (SSSR count). The zero-order chi connectivity index (χ0) is 18.4. The molecule has 0 bridgehead atoms. The van der Waals surface area contributed by atoms with Crippen LogP contribution < -0.4 is 0 Å². The molecule has 0 saturated heterocycles. The number of hydrogen-bond acceptors (Lipinski definition) is 3. The van der Waals surface area contributed by atoms with E-state index in [2.05, 4.69) is 56.0 Å². The van der Waals surface area contributed by atoms with Crippen LogP contribution in [0.25, 0.3) is 22.2 Å². The van der Waals surface area contributed by atoms with Crippen molar-refractivity contribution in [3.63, 3.8) is 0 Å². The van der Waals surface area contributed by atoms with Crippen molar-refractivity contribution >= 4 is 10.9 Å². The molecule has 2 aromatic carbocycles. The summed E-state index contributed by atoms with van der Waals surface area (Å²) in [5.41, 5.74) is 7.73. The summed E-state index contributed by atoms with van der Waals surface area (Å²) in [4.78, 5) is 4.70. The Labute approximate surface area is 168 Å². The Balaban J connectivity index is 0.000000366. The van der Waals surface area contributed by atoms with E-state index in [0.29, 0.717) is 0 Å². The van der Waals surface area contributed by atoms with Crippen molar-refractivity contribution in [1.29, 1.82) is 0 Å². The predicted octanol–water partition coefficient (Wildman–Crippen LogP) is 5.83. The van der Waals surface area contributed by atoms with Crippen LogP contribution in [0, 0.1) is 19.9 Å². The summed E-state index contributed by atoms with van der Waals surface area (Å²) < 4.78 is 0. The molecule has 0 unspecified atom stereocenters. The third-order valence-corrected chi connectivity index (χ3v) is 3.38. The maximum atomic E-state index is 8.35. The molecule has 2 N–H and O–H groups in total. The summed E-state index contributed by atoms with van der Waals surface area (Å²) in [7, 11) is 0. The molecule has 1 aromatic heterocycles. The number of nitrogens with zero attached hydrogens (tertiary/aromatic N) is 1. The largest absolute Gasteiger partial charge is 0.505 e. The summed E-state index contributed by atoms with van der Waals surface area (Å²) in [6.45, 7) is 7.06. The summed E-state index contributed by atoms with van der Waals surface area (Å²) in [5, 5.41) is 17.9. The van der Waals surface area contributed by atoms with Crippen LogP contribution in [-0.2, 0) is 20.1 Å². The van der Waals surface area contributed by atoms with Gasteiger partial charge in [0.15, 0.2) is 0 Å². The first-order valence-electron chi connectivity index (χ1n) is 8.04. The standard InChI is InChI=1S/C17H14N.C5H8O2.Ir/c1-12-9-13(2)11-15(10-12)17-8-7-14-5-3-4-6-16(14)18-17;1-4(6)3-5(2)7;/h3-10H,1-2H3;6-7H,1-2H3;/q-1;;. The fourth-order valence-electron chi connectivity index (χ4n) is 2.51. The summed E-state index contributed by atoms with van der Waals surface area (Å²) in [6.07, 6.45) is 0. The van der Waals surface area contributed by atoms with Gasteiger partial charge in [0.25, 0.3) is 0 Å². The van der Waals surface area contributed by atoms with E-state index >= 15 is 0 Å². The molecule has 0 aliphatic carbocycles. The minimum absolute atomic E-state index is 0. The summed E-state index contributed by atoms with van der Waals surface area (Å²) in [6, 6.07) is 20.0. The van der Waals surface area contributed by atoms with Crippen LogP contribution in [0.15, 0.2) is 65.8 Å². The summed E-state index contributed by atoms with van der Waals surface area (Å²) in [5.74, 6) is 0.000000000000000666. The van der Waals surface area contributed by atoms with Crippen LogP contribution in [0.5, 0.6) is 0 Å². The fourth-order valence-corrected chi connectivity index (χ4v) is 2.51. The molecule has 0 fully saturated rings. The van der Waals surface area contributed by atoms with Gasteiger partial charge in [-0.1, -0.05) is 44.2 Å². The molecule has 0 spiro atoms. The molecule has 0 aliphatic heterocycles. The molecule has 0 atom stereocenters. The van der Waals surface area contributed by atoms with Crippen LogP contribution in [-0.4, -0.2) is 15.2 Å². The van der Waals surface area contributed by atoms with Crippen LogP contribution >= 0.6 is 0 Å². The normalized spacial score (nSPS) is 9.38. The Kier molecular flexibility index (Phi) is 8.28. The number of benzene rings is 2. The number of aliphatic hydroxyl groups excluding tert-OH is 2. The minimum atomic E-state index is 0. The van der Waals surface area contributed by atoms with Gasteiger partial charge in [-0.25, -0.2) is 0 Å². The number of aryl methyl sites for hydroxylation is 2. The van der Waals surface area contributed by atoms with E-state index in [0.717, 1.165) is 22.3 Å². The Morgan fingerprint density at radius 2 is 1.62 bits per heavy atom. The maximum absolute atomic E-state index is 8.35. The molecule has 1 radical (unpaired) electrons. The Morgan fingerprint density at radius 3 is 2.19 bits per heavy atom. The van der Waals surface area contributed by atoms with E-state index in [1.807, 2.05) is 18.2 Å². The molecule has 3 nitrogen and oxygen atoms in total. The van der Waals surface area contributed by atoms with Crippen molar-refractivity contribution in [2.45, 2.75) is 27.7 Å². The van der Waals surface area contributed by atoms with E-state index in [9.17, 15) is 0 Å². The topological polar surface area (TPSA) is 53.4 Å². The van der Waals surface area contributed by atoms with Crippen LogP contribution in [0.1, 0.15) is 25.0 Å². The van der Waals surface area contributed by atoms with Crippen molar-refractivity contribution in [1.82, 2.24) is 4.98 Å². The third kappa shape index (κ3) is 6.49. The van der Waals surface area contributed by atoms with Gasteiger partial charge in [-0.2, -0.15) is 0 Å². The minimum Gasteiger partial charge on any atom is -0.505 e. The second-order valence-corrected chi connectivity index (χ2v) is 5.94. The van der Waals surface area contributed by atoms with Gasteiger partial charge in [-0.05, 0) is 22.9 Å². The van der Waals surface area contributed by atoms with Gasteiger partial charge in [0.1, 0.15) is 11.5 Å². The molecule has 0 aliphatic rings. The first-order valence-corrected chi connectivity index (χ1v) is 8.04. The van der Waals surface area contributed by atoms with E-state index in [1.54, 1.807) is 0 Å². The number of para-hydroxylation sites is 1. The zero-order valence-electron chi connectivity index (χ0n) is 15.3. The predicted molar refractivity (Wildman–Crippen MR) is 103 cm³/mol. The smallest absolute Gasteiger partial charge is 0.135 e. The molecule has 0 amide bonds. The number of aliphatic hydroxyl groups is 2. The molecular weight excluding hydrogens is 502 g/mol. The Hall–Kier alpha value is -2.38. The van der Waals surface area contributed by atoms with E-state index < -0.39 is 0 Å². The average Bonchev–Trinajstić information content (AvgIpc) is 2.53. The van der Waals surface area contributed by atoms with Crippen molar-refractivity contribution in [2.24, 2.45) is 0 Å². The van der Waals surface area contributed by atoms with Crippen molar-refractivity contribution in [2.75, 3.05) is 0 Å². The zero-order valence-corrected chi connectivity index (χ0v) is 17.7. The number of pyridine rings is 1. The van der Waals surface area contributed by atoms with Gasteiger partial charge in [0.05, 0.1) is 5.52 Å². The SMILES string of the molecule is CC(O)=C=C(C)O.Cc1[c-]c(-c2ccc3ccccc3n2)cc(C)c1.[Ir]. The summed E-state index contributed by atoms with van der Waals surface area (Å²) >= 11 is 0. The van der Waals surface area contributed by atoms with Crippen molar-refractivity contribution < 1.29 is 30.3 Å². The maximum Gasteiger partial charge on any atom is 0.135 e. The number of hydrogen-bond donors (Lipinski definition) is 2.